The molecule has 5 aromatic rings. The molecule has 0 saturated carbocycles. The van der Waals surface area contributed by atoms with Crippen molar-refractivity contribution in [1.82, 2.24) is 14.0 Å². The number of carbonyl (C=O) groups is 1. The molecule has 0 bridgehead atoms. The number of aromatic nitrogens is 3. The molecule has 0 aliphatic heterocycles. The van der Waals surface area contributed by atoms with Crippen molar-refractivity contribution in [3.8, 4) is 11.1 Å². The van der Waals surface area contributed by atoms with Gasteiger partial charge < -0.3 is 14.3 Å². The van der Waals surface area contributed by atoms with Crippen LogP contribution < -0.4 is 5.32 Å². The van der Waals surface area contributed by atoms with Crippen molar-refractivity contribution in [2.75, 3.05) is 12.4 Å². The Morgan fingerprint density at radius 2 is 1.69 bits per heavy atom. The van der Waals surface area contributed by atoms with E-state index in [1.807, 2.05) is 0 Å². The Kier molecular flexibility index (Phi) is 5.12. The van der Waals surface area contributed by atoms with E-state index in [1.165, 1.54) is 58.9 Å². The highest BCUT2D eigenvalue weighted by Gasteiger charge is 2.35. The summed E-state index contributed by atoms with van der Waals surface area (Å²) in [7, 11) is 2.96. The van der Waals surface area contributed by atoms with Gasteiger partial charge in [0.1, 0.15) is 17.3 Å². The Hall–Kier alpha value is -4.21. The number of carbonyl (C=O) groups excluding carboxylic acids is 1. The van der Waals surface area contributed by atoms with Crippen LogP contribution in [0.2, 0.25) is 0 Å². The zero-order valence-corrected chi connectivity index (χ0v) is 18.4. The standard InChI is InChI=1S/C25H17F5N4O/c1-31-23-17(26)8-13(9-18(23)27)24(35)21-6-5-20-14(4-3-7-34(20)21)15-10-19-22(33(2)12-32-19)11-16(15)25(28,29)30/h3-12,31H,1-2H3. The highest BCUT2D eigenvalue weighted by atomic mass is 19.4. The number of aryl methyl sites for hydroxylation is 1. The molecule has 0 aliphatic carbocycles. The van der Waals surface area contributed by atoms with Crippen molar-refractivity contribution < 1.29 is 26.7 Å². The predicted octanol–water partition coefficient (Wildman–Crippen LogP) is 6.06. The molecule has 10 heteroatoms. The van der Waals surface area contributed by atoms with Crippen LogP contribution in [0.1, 0.15) is 21.6 Å². The summed E-state index contributed by atoms with van der Waals surface area (Å²) < 4.78 is 73.4. The fraction of sp³-hybridized carbons (Fsp3) is 0.120. The fourth-order valence-electron chi connectivity index (χ4n) is 4.27. The Morgan fingerprint density at radius 1 is 0.971 bits per heavy atom. The van der Waals surface area contributed by atoms with Crippen LogP contribution in [0.5, 0.6) is 0 Å². The van der Waals surface area contributed by atoms with Gasteiger partial charge in [-0.05, 0) is 48.0 Å². The van der Waals surface area contributed by atoms with E-state index in [2.05, 4.69) is 10.3 Å². The number of pyridine rings is 1. The minimum Gasteiger partial charge on any atom is -0.383 e. The van der Waals surface area contributed by atoms with Crippen LogP contribution in [0.25, 0.3) is 27.7 Å². The van der Waals surface area contributed by atoms with Gasteiger partial charge in [0.2, 0.25) is 5.78 Å². The highest BCUT2D eigenvalue weighted by molar-refractivity contribution is 6.09. The topological polar surface area (TPSA) is 51.3 Å². The van der Waals surface area contributed by atoms with Crippen molar-refractivity contribution in [3.05, 3.63) is 89.5 Å². The number of ketones is 1. The lowest BCUT2D eigenvalue weighted by Gasteiger charge is -2.15. The van der Waals surface area contributed by atoms with Gasteiger partial charge in [-0.15, -0.1) is 0 Å². The van der Waals surface area contributed by atoms with Gasteiger partial charge in [-0.1, -0.05) is 6.07 Å². The summed E-state index contributed by atoms with van der Waals surface area (Å²) in [5.74, 6) is -2.55. The first-order valence-electron chi connectivity index (χ1n) is 10.4. The molecular formula is C25H17F5N4O. The molecule has 2 aromatic carbocycles. The molecule has 3 aromatic heterocycles. The molecule has 35 heavy (non-hydrogen) atoms. The molecule has 0 unspecified atom stereocenters. The number of rotatable bonds is 4. The number of alkyl halides is 3. The molecule has 0 amide bonds. The monoisotopic (exact) mass is 484 g/mol. The number of benzene rings is 2. The number of fused-ring (bicyclic) bond motifs is 2. The molecule has 0 atom stereocenters. The molecule has 5 rings (SSSR count). The van der Waals surface area contributed by atoms with Crippen LogP contribution in [-0.2, 0) is 13.2 Å². The molecule has 3 heterocycles. The average molecular weight is 484 g/mol. The Labute approximate surface area is 195 Å². The maximum absolute atomic E-state index is 14.2. The number of imidazole rings is 1. The normalized spacial score (nSPS) is 12.0. The number of hydrogen-bond donors (Lipinski definition) is 1. The van der Waals surface area contributed by atoms with Crippen molar-refractivity contribution in [2.24, 2.45) is 7.05 Å². The largest absolute Gasteiger partial charge is 0.417 e. The van der Waals surface area contributed by atoms with Gasteiger partial charge in [-0.2, -0.15) is 13.2 Å². The summed E-state index contributed by atoms with van der Waals surface area (Å²) in [6.07, 6.45) is -1.70. The van der Waals surface area contributed by atoms with Gasteiger partial charge in [-0.3, -0.25) is 4.79 Å². The second-order valence-corrected chi connectivity index (χ2v) is 8.03. The van der Waals surface area contributed by atoms with Gasteiger partial charge in [0, 0.05) is 31.4 Å². The number of nitrogens with one attached hydrogen (secondary N) is 1. The smallest absolute Gasteiger partial charge is 0.383 e. The van der Waals surface area contributed by atoms with E-state index in [1.54, 1.807) is 7.05 Å². The van der Waals surface area contributed by atoms with Gasteiger partial charge in [-0.25, -0.2) is 13.8 Å². The summed E-state index contributed by atoms with van der Waals surface area (Å²) >= 11 is 0. The van der Waals surface area contributed by atoms with E-state index in [0.29, 0.717) is 16.6 Å². The lowest BCUT2D eigenvalue weighted by atomic mass is 9.98. The Balaban J connectivity index is 1.69. The van der Waals surface area contributed by atoms with Gasteiger partial charge in [0.05, 0.1) is 34.1 Å². The molecule has 0 spiro atoms. The van der Waals surface area contributed by atoms with E-state index in [4.69, 9.17) is 0 Å². The first kappa shape index (κ1) is 22.6. The van der Waals surface area contributed by atoms with Crippen molar-refractivity contribution in [2.45, 2.75) is 6.18 Å². The second-order valence-electron chi connectivity index (χ2n) is 8.03. The molecule has 0 aliphatic rings. The lowest BCUT2D eigenvalue weighted by Crippen LogP contribution is -2.09. The number of anilines is 1. The Morgan fingerprint density at radius 3 is 2.34 bits per heavy atom. The maximum atomic E-state index is 14.2. The van der Waals surface area contributed by atoms with Crippen molar-refractivity contribution in [1.29, 1.82) is 0 Å². The Bertz CT molecular complexity index is 1610. The highest BCUT2D eigenvalue weighted by Crippen LogP contribution is 2.41. The average Bonchev–Trinajstić information content (AvgIpc) is 3.40. The zero-order valence-electron chi connectivity index (χ0n) is 18.4. The van der Waals surface area contributed by atoms with E-state index in [0.717, 1.165) is 18.2 Å². The molecule has 0 radical (unpaired) electrons. The maximum Gasteiger partial charge on any atom is 0.417 e. The second kappa shape index (κ2) is 7.93. The summed E-state index contributed by atoms with van der Waals surface area (Å²) in [5, 5.41) is 2.39. The summed E-state index contributed by atoms with van der Waals surface area (Å²) in [4.78, 5) is 17.3. The first-order valence-corrected chi connectivity index (χ1v) is 10.4. The minimum absolute atomic E-state index is 0.0466. The number of halogens is 5. The number of nitrogens with zero attached hydrogens (tertiary/aromatic N) is 3. The third-order valence-electron chi connectivity index (χ3n) is 5.94. The van der Waals surface area contributed by atoms with E-state index >= 15 is 0 Å². The van der Waals surface area contributed by atoms with Gasteiger partial charge in [0.15, 0.2) is 0 Å². The van der Waals surface area contributed by atoms with E-state index in [9.17, 15) is 26.7 Å². The van der Waals surface area contributed by atoms with Crippen LogP contribution in [0.3, 0.4) is 0 Å². The lowest BCUT2D eigenvalue weighted by molar-refractivity contribution is -0.137. The quantitative estimate of drug-likeness (QED) is 0.249. The van der Waals surface area contributed by atoms with Crippen LogP contribution in [0, 0.1) is 11.6 Å². The van der Waals surface area contributed by atoms with Crippen molar-refractivity contribution in [3.63, 3.8) is 0 Å². The van der Waals surface area contributed by atoms with E-state index < -0.39 is 29.2 Å². The summed E-state index contributed by atoms with van der Waals surface area (Å²) in [6, 6.07) is 10.2. The fourth-order valence-corrected chi connectivity index (χ4v) is 4.27. The third-order valence-corrected chi connectivity index (χ3v) is 5.94. The first-order chi connectivity index (χ1) is 16.6. The molecule has 5 nitrogen and oxygen atoms in total. The molecular weight excluding hydrogens is 467 g/mol. The molecule has 0 saturated heterocycles. The SMILES string of the molecule is CNc1c(F)cc(C(=O)c2ccc3c(-c4cc5ncn(C)c5cc4C(F)(F)F)cccn23)cc1F. The zero-order chi connectivity index (χ0) is 25.1. The molecule has 178 valence electrons. The van der Waals surface area contributed by atoms with Crippen LogP contribution >= 0.6 is 0 Å². The third kappa shape index (κ3) is 3.61. The van der Waals surface area contributed by atoms with E-state index in [-0.39, 0.29) is 28.1 Å². The number of hydrogen-bond acceptors (Lipinski definition) is 3. The van der Waals surface area contributed by atoms with Crippen LogP contribution in [0.4, 0.5) is 27.6 Å². The van der Waals surface area contributed by atoms with Gasteiger partial charge >= 0.3 is 6.18 Å². The summed E-state index contributed by atoms with van der Waals surface area (Å²) in [5.41, 5.74) is -0.221. The molecule has 1 N–H and O–H groups in total. The summed E-state index contributed by atoms with van der Waals surface area (Å²) in [6.45, 7) is 0. The van der Waals surface area contributed by atoms with Crippen LogP contribution in [-0.4, -0.2) is 26.8 Å². The van der Waals surface area contributed by atoms with Crippen molar-refractivity contribution >= 4 is 28.0 Å². The minimum atomic E-state index is -4.64. The predicted molar refractivity (Wildman–Crippen MR) is 121 cm³/mol. The van der Waals surface area contributed by atoms with Crippen LogP contribution in [0.15, 0.2) is 61.1 Å². The van der Waals surface area contributed by atoms with Gasteiger partial charge in [0.25, 0.3) is 0 Å². The molecule has 0 fully saturated rings.